The SMILES string of the molecule is Cc1cc(C)n(CCC(=O)OCC(=O)OC(C)(C)C)n1. The third kappa shape index (κ3) is 5.86. The number of carbonyl (C=O) groups is 2. The van der Waals surface area contributed by atoms with Crippen LogP contribution >= 0.6 is 0 Å². The summed E-state index contributed by atoms with van der Waals surface area (Å²) in [5.74, 6) is -0.986. The van der Waals surface area contributed by atoms with Crippen molar-refractivity contribution in [1.29, 1.82) is 0 Å². The van der Waals surface area contributed by atoms with E-state index >= 15 is 0 Å². The van der Waals surface area contributed by atoms with E-state index in [9.17, 15) is 9.59 Å². The van der Waals surface area contributed by atoms with E-state index in [1.807, 2.05) is 19.9 Å². The van der Waals surface area contributed by atoms with E-state index in [-0.39, 0.29) is 13.0 Å². The molecule has 0 spiro atoms. The minimum atomic E-state index is -0.576. The molecule has 1 heterocycles. The lowest BCUT2D eigenvalue weighted by molar-refractivity contribution is -0.166. The summed E-state index contributed by atoms with van der Waals surface area (Å²) in [6.45, 7) is 9.18. The monoisotopic (exact) mass is 282 g/mol. The highest BCUT2D eigenvalue weighted by atomic mass is 16.6. The van der Waals surface area contributed by atoms with Gasteiger partial charge in [0.1, 0.15) is 5.60 Å². The highest BCUT2D eigenvalue weighted by Crippen LogP contribution is 2.07. The smallest absolute Gasteiger partial charge is 0.344 e. The van der Waals surface area contributed by atoms with Crippen LogP contribution in [-0.2, 0) is 25.6 Å². The Hall–Kier alpha value is -1.85. The summed E-state index contributed by atoms with van der Waals surface area (Å²) >= 11 is 0. The normalized spacial score (nSPS) is 11.2. The molecule has 0 bridgehead atoms. The lowest BCUT2D eigenvalue weighted by atomic mass is 10.2. The minimum absolute atomic E-state index is 0.171. The zero-order chi connectivity index (χ0) is 15.3. The molecule has 1 rings (SSSR count). The van der Waals surface area contributed by atoms with Gasteiger partial charge in [-0.3, -0.25) is 9.48 Å². The van der Waals surface area contributed by atoms with Gasteiger partial charge < -0.3 is 9.47 Å². The molecule has 0 saturated heterocycles. The second kappa shape index (κ2) is 6.54. The summed E-state index contributed by atoms with van der Waals surface area (Å²) in [5.41, 5.74) is 1.32. The molecule has 0 aliphatic carbocycles. The molecule has 0 amide bonds. The summed E-state index contributed by atoms with van der Waals surface area (Å²) in [7, 11) is 0. The van der Waals surface area contributed by atoms with Crippen molar-refractivity contribution >= 4 is 11.9 Å². The lowest BCUT2D eigenvalue weighted by Gasteiger charge is -2.19. The van der Waals surface area contributed by atoms with Crippen molar-refractivity contribution in [1.82, 2.24) is 9.78 Å². The number of nitrogens with zero attached hydrogens (tertiary/aromatic N) is 2. The Bertz CT molecular complexity index is 486. The average molecular weight is 282 g/mol. The molecule has 0 N–H and O–H groups in total. The van der Waals surface area contributed by atoms with Crippen LogP contribution in [0.5, 0.6) is 0 Å². The predicted octanol–water partition coefficient (Wildman–Crippen LogP) is 1.77. The van der Waals surface area contributed by atoms with Crippen LogP contribution in [0.2, 0.25) is 0 Å². The summed E-state index contributed by atoms with van der Waals surface area (Å²) < 4.78 is 11.6. The molecule has 20 heavy (non-hydrogen) atoms. The number of rotatable bonds is 5. The van der Waals surface area contributed by atoms with Crippen molar-refractivity contribution in [2.75, 3.05) is 6.61 Å². The molecular formula is C14H22N2O4. The number of aryl methyl sites for hydroxylation is 3. The second-order valence-electron chi connectivity index (χ2n) is 5.65. The quantitative estimate of drug-likeness (QED) is 0.770. The van der Waals surface area contributed by atoms with Gasteiger partial charge in [0.05, 0.1) is 18.7 Å². The van der Waals surface area contributed by atoms with Crippen LogP contribution in [0.25, 0.3) is 0 Å². The molecule has 0 aliphatic rings. The van der Waals surface area contributed by atoms with Crippen molar-refractivity contribution < 1.29 is 19.1 Å². The maximum Gasteiger partial charge on any atom is 0.344 e. The number of ether oxygens (including phenoxy) is 2. The Balaban J connectivity index is 2.31. The van der Waals surface area contributed by atoms with E-state index in [2.05, 4.69) is 5.10 Å². The summed E-state index contributed by atoms with van der Waals surface area (Å²) in [4.78, 5) is 22.9. The Morgan fingerprint density at radius 3 is 2.40 bits per heavy atom. The van der Waals surface area contributed by atoms with E-state index in [0.717, 1.165) is 11.4 Å². The van der Waals surface area contributed by atoms with Crippen molar-refractivity contribution in [3.05, 3.63) is 17.5 Å². The molecule has 0 aliphatic heterocycles. The fourth-order valence-corrected chi connectivity index (χ4v) is 1.68. The first kappa shape index (κ1) is 16.2. The summed E-state index contributed by atoms with van der Waals surface area (Å²) in [5, 5.41) is 4.24. The first-order valence-electron chi connectivity index (χ1n) is 6.56. The number of esters is 2. The molecular weight excluding hydrogens is 260 g/mol. The molecule has 112 valence electrons. The van der Waals surface area contributed by atoms with Gasteiger partial charge in [-0.25, -0.2) is 4.79 Å². The van der Waals surface area contributed by atoms with Crippen molar-refractivity contribution in [3.63, 3.8) is 0 Å². The van der Waals surface area contributed by atoms with E-state index in [1.54, 1.807) is 25.5 Å². The first-order chi connectivity index (χ1) is 9.17. The molecule has 6 heteroatoms. The molecule has 6 nitrogen and oxygen atoms in total. The molecule has 0 unspecified atom stereocenters. The van der Waals surface area contributed by atoms with Gasteiger partial charge in [-0.15, -0.1) is 0 Å². The maximum absolute atomic E-state index is 11.5. The molecule has 0 atom stereocenters. The largest absolute Gasteiger partial charge is 0.457 e. The van der Waals surface area contributed by atoms with E-state index < -0.39 is 17.5 Å². The van der Waals surface area contributed by atoms with Gasteiger partial charge in [-0.05, 0) is 40.7 Å². The zero-order valence-corrected chi connectivity index (χ0v) is 12.7. The third-order valence-electron chi connectivity index (χ3n) is 2.40. The fourth-order valence-electron chi connectivity index (χ4n) is 1.68. The zero-order valence-electron chi connectivity index (χ0n) is 12.7. The molecule has 1 aromatic rings. The Labute approximate surface area is 119 Å². The third-order valence-corrected chi connectivity index (χ3v) is 2.40. The topological polar surface area (TPSA) is 70.4 Å². The van der Waals surface area contributed by atoms with Crippen LogP contribution in [0, 0.1) is 13.8 Å². The molecule has 0 fully saturated rings. The van der Waals surface area contributed by atoms with Gasteiger partial charge >= 0.3 is 11.9 Å². The highest BCUT2D eigenvalue weighted by molar-refractivity contribution is 5.76. The van der Waals surface area contributed by atoms with Crippen LogP contribution in [0.15, 0.2) is 6.07 Å². The van der Waals surface area contributed by atoms with Crippen molar-refractivity contribution in [2.24, 2.45) is 0 Å². The van der Waals surface area contributed by atoms with Gasteiger partial charge in [0.15, 0.2) is 6.61 Å². The van der Waals surface area contributed by atoms with Gasteiger partial charge in [-0.1, -0.05) is 0 Å². The van der Waals surface area contributed by atoms with Crippen molar-refractivity contribution in [3.8, 4) is 0 Å². The van der Waals surface area contributed by atoms with Crippen LogP contribution < -0.4 is 0 Å². The Kier molecular flexibility index (Phi) is 5.30. The molecule has 1 aromatic heterocycles. The van der Waals surface area contributed by atoms with Crippen LogP contribution in [-0.4, -0.2) is 33.9 Å². The molecule has 0 aromatic carbocycles. The number of hydrogen-bond acceptors (Lipinski definition) is 5. The Morgan fingerprint density at radius 1 is 1.25 bits per heavy atom. The highest BCUT2D eigenvalue weighted by Gasteiger charge is 2.17. The van der Waals surface area contributed by atoms with Crippen LogP contribution in [0.1, 0.15) is 38.6 Å². The maximum atomic E-state index is 11.5. The minimum Gasteiger partial charge on any atom is -0.457 e. The fraction of sp³-hybridized carbons (Fsp3) is 0.643. The second-order valence-corrected chi connectivity index (χ2v) is 5.65. The van der Waals surface area contributed by atoms with Gasteiger partial charge in [0.2, 0.25) is 0 Å². The predicted molar refractivity (Wildman–Crippen MR) is 73.1 cm³/mol. The average Bonchev–Trinajstić information content (AvgIpc) is 2.60. The van der Waals surface area contributed by atoms with Crippen molar-refractivity contribution in [2.45, 2.75) is 53.2 Å². The van der Waals surface area contributed by atoms with E-state index in [1.165, 1.54) is 0 Å². The lowest BCUT2D eigenvalue weighted by Crippen LogP contribution is -2.27. The summed E-state index contributed by atoms with van der Waals surface area (Å²) in [6, 6.07) is 1.94. The van der Waals surface area contributed by atoms with Gasteiger partial charge in [0.25, 0.3) is 0 Å². The molecule has 0 saturated carbocycles. The van der Waals surface area contributed by atoms with Gasteiger partial charge in [-0.2, -0.15) is 5.10 Å². The first-order valence-corrected chi connectivity index (χ1v) is 6.56. The standard InChI is InChI=1S/C14H22N2O4/c1-10-8-11(2)16(15-10)7-6-12(17)19-9-13(18)20-14(3,4)5/h8H,6-7,9H2,1-5H3. The van der Waals surface area contributed by atoms with E-state index in [0.29, 0.717) is 6.54 Å². The number of hydrogen-bond donors (Lipinski definition) is 0. The van der Waals surface area contributed by atoms with Crippen LogP contribution in [0.4, 0.5) is 0 Å². The van der Waals surface area contributed by atoms with Gasteiger partial charge in [0, 0.05) is 5.69 Å². The van der Waals surface area contributed by atoms with Crippen LogP contribution in [0.3, 0.4) is 0 Å². The summed E-state index contributed by atoms with van der Waals surface area (Å²) in [6.07, 6.45) is 0.171. The number of aromatic nitrogens is 2. The number of carbonyl (C=O) groups excluding carboxylic acids is 2. The Morgan fingerprint density at radius 2 is 1.90 bits per heavy atom. The molecule has 0 radical (unpaired) electrons. The van der Waals surface area contributed by atoms with E-state index in [4.69, 9.17) is 9.47 Å².